The molecule has 1 aliphatic carbocycles. The lowest BCUT2D eigenvalue weighted by Gasteiger charge is -2.22. The zero-order valence-corrected chi connectivity index (χ0v) is 11.1. The second kappa shape index (κ2) is 5.40. The van der Waals surface area contributed by atoms with Crippen LogP contribution in [0.4, 0.5) is 5.69 Å². The number of anilines is 1. The van der Waals surface area contributed by atoms with Crippen molar-refractivity contribution in [1.82, 2.24) is 4.90 Å². The molecule has 1 saturated carbocycles. The van der Waals surface area contributed by atoms with Crippen molar-refractivity contribution >= 4 is 11.6 Å². The first kappa shape index (κ1) is 12.9. The smallest absolute Gasteiger partial charge is 0.254 e. The molecule has 1 aromatic carbocycles. The molecule has 1 aromatic rings. The van der Waals surface area contributed by atoms with E-state index in [1.54, 1.807) is 0 Å². The number of benzene rings is 1. The second-order valence-corrected chi connectivity index (χ2v) is 4.96. The lowest BCUT2D eigenvalue weighted by Crippen LogP contribution is -2.37. The van der Waals surface area contributed by atoms with Gasteiger partial charge in [-0.25, -0.2) is 0 Å². The Kier molecular flexibility index (Phi) is 3.87. The standard InChI is InChI=1S/C14H21N3O/c1-16(2)12-5-3-11(4-6-12)14(18)17(10-9-15)13-7-8-13/h3-6,13H,7-10,15H2,1-2H3. The first-order valence-corrected chi connectivity index (χ1v) is 6.42. The van der Waals surface area contributed by atoms with Gasteiger partial charge in [-0.3, -0.25) is 4.79 Å². The topological polar surface area (TPSA) is 49.6 Å². The molecule has 0 heterocycles. The van der Waals surface area contributed by atoms with Crippen molar-refractivity contribution < 1.29 is 4.79 Å². The number of carbonyl (C=O) groups is 1. The molecule has 1 amide bonds. The Hall–Kier alpha value is -1.55. The Morgan fingerprint density at radius 1 is 1.28 bits per heavy atom. The maximum absolute atomic E-state index is 12.4. The summed E-state index contributed by atoms with van der Waals surface area (Å²) in [5.74, 6) is 0.105. The Labute approximate surface area is 108 Å². The number of nitrogens with two attached hydrogens (primary N) is 1. The van der Waals surface area contributed by atoms with E-state index in [4.69, 9.17) is 5.73 Å². The summed E-state index contributed by atoms with van der Waals surface area (Å²) < 4.78 is 0. The number of hydrogen-bond donors (Lipinski definition) is 1. The third-order valence-corrected chi connectivity index (χ3v) is 3.25. The molecule has 18 heavy (non-hydrogen) atoms. The van der Waals surface area contributed by atoms with Gasteiger partial charge in [0.25, 0.3) is 5.91 Å². The fourth-order valence-corrected chi connectivity index (χ4v) is 2.04. The Morgan fingerprint density at radius 3 is 2.33 bits per heavy atom. The van der Waals surface area contributed by atoms with Gasteiger partial charge in [0, 0.05) is 44.5 Å². The summed E-state index contributed by atoms with van der Waals surface area (Å²) in [6.45, 7) is 1.18. The van der Waals surface area contributed by atoms with Gasteiger partial charge >= 0.3 is 0 Å². The van der Waals surface area contributed by atoms with E-state index in [1.165, 1.54) is 0 Å². The summed E-state index contributed by atoms with van der Waals surface area (Å²) in [6, 6.07) is 8.14. The summed E-state index contributed by atoms with van der Waals surface area (Å²) in [6.07, 6.45) is 2.23. The first-order valence-electron chi connectivity index (χ1n) is 6.42. The molecule has 0 unspecified atom stereocenters. The average Bonchev–Trinajstić information content (AvgIpc) is 3.19. The van der Waals surface area contributed by atoms with Crippen LogP contribution in [-0.4, -0.2) is 44.0 Å². The number of nitrogens with zero attached hydrogens (tertiary/aromatic N) is 2. The minimum absolute atomic E-state index is 0.105. The highest BCUT2D eigenvalue weighted by atomic mass is 16.2. The van der Waals surface area contributed by atoms with Crippen LogP contribution in [0.5, 0.6) is 0 Å². The van der Waals surface area contributed by atoms with Crippen molar-refractivity contribution in [2.24, 2.45) is 5.73 Å². The van der Waals surface area contributed by atoms with E-state index >= 15 is 0 Å². The molecule has 0 aromatic heterocycles. The minimum Gasteiger partial charge on any atom is -0.378 e. The van der Waals surface area contributed by atoms with E-state index in [9.17, 15) is 4.79 Å². The fourth-order valence-electron chi connectivity index (χ4n) is 2.04. The number of hydrogen-bond acceptors (Lipinski definition) is 3. The van der Waals surface area contributed by atoms with Crippen LogP contribution in [-0.2, 0) is 0 Å². The monoisotopic (exact) mass is 247 g/mol. The average molecular weight is 247 g/mol. The predicted octanol–water partition coefficient (Wildman–Crippen LogP) is 1.32. The third-order valence-electron chi connectivity index (χ3n) is 3.25. The van der Waals surface area contributed by atoms with Gasteiger partial charge in [0.1, 0.15) is 0 Å². The van der Waals surface area contributed by atoms with Gasteiger partial charge in [-0.05, 0) is 37.1 Å². The van der Waals surface area contributed by atoms with Crippen LogP contribution < -0.4 is 10.6 Å². The van der Waals surface area contributed by atoms with Crippen molar-refractivity contribution in [3.05, 3.63) is 29.8 Å². The molecule has 98 valence electrons. The maximum atomic E-state index is 12.4. The summed E-state index contributed by atoms with van der Waals surface area (Å²) in [4.78, 5) is 16.3. The molecule has 4 heteroatoms. The van der Waals surface area contributed by atoms with Crippen molar-refractivity contribution in [3.63, 3.8) is 0 Å². The van der Waals surface area contributed by atoms with Crippen molar-refractivity contribution in [2.75, 3.05) is 32.1 Å². The highest BCUT2D eigenvalue weighted by molar-refractivity contribution is 5.95. The fraction of sp³-hybridized carbons (Fsp3) is 0.500. The van der Waals surface area contributed by atoms with Gasteiger partial charge in [0.2, 0.25) is 0 Å². The van der Waals surface area contributed by atoms with Crippen molar-refractivity contribution in [1.29, 1.82) is 0 Å². The highest BCUT2D eigenvalue weighted by Crippen LogP contribution is 2.28. The summed E-state index contributed by atoms with van der Waals surface area (Å²) in [5.41, 5.74) is 7.43. The molecule has 0 radical (unpaired) electrons. The zero-order chi connectivity index (χ0) is 13.1. The van der Waals surface area contributed by atoms with E-state index in [0.29, 0.717) is 19.1 Å². The molecule has 0 atom stereocenters. The Morgan fingerprint density at radius 2 is 1.89 bits per heavy atom. The van der Waals surface area contributed by atoms with E-state index in [0.717, 1.165) is 24.1 Å². The Balaban J connectivity index is 2.11. The highest BCUT2D eigenvalue weighted by Gasteiger charge is 2.32. The summed E-state index contributed by atoms with van der Waals surface area (Å²) in [5, 5.41) is 0. The minimum atomic E-state index is 0.105. The van der Waals surface area contributed by atoms with Gasteiger partial charge < -0.3 is 15.5 Å². The third kappa shape index (κ3) is 2.82. The predicted molar refractivity (Wildman–Crippen MR) is 73.9 cm³/mol. The molecule has 0 aliphatic heterocycles. The molecule has 0 spiro atoms. The molecular formula is C14H21N3O. The van der Waals surface area contributed by atoms with E-state index in [-0.39, 0.29) is 5.91 Å². The molecule has 1 aliphatic rings. The van der Waals surface area contributed by atoms with Crippen LogP contribution in [0.2, 0.25) is 0 Å². The number of rotatable bonds is 5. The first-order chi connectivity index (χ1) is 8.63. The number of amides is 1. The van der Waals surface area contributed by atoms with Crippen molar-refractivity contribution in [2.45, 2.75) is 18.9 Å². The second-order valence-electron chi connectivity index (χ2n) is 4.96. The van der Waals surface area contributed by atoms with Crippen LogP contribution in [0.25, 0.3) is 0 Å². The SMILES string of the molecule is CN(C)c1ccc(C(=O)N(CCN)C2CC2)cc1. The van der Waals surface area contributed by atoms with Crippen LogP contribution >= 0.6 is 0 Å². The van der Waals surface area contributed by atoms with Gasteiger partial charge in [-0.2, -0.15) is 0 Å². The lowest BCUT2D eigenvalue weighted by molar-refractivity contribution is 0.0748. The molecule has 0 saturated heterocycles. The molecular weight excluding hydrogens is 226 g/mol. The maximum Gasteiger partial charge on any atom is 0.254 e. The molecule has 1 fully saturated rings. The molecule has 4 nitrogen and oxygen atoms in total. The van der Waals surface area contributed by atoms with Crippen LogP contribution in [0.15, 0.2) is 24.3 Å². The van der Waals surface area contributed by atoms with E-state index in [1.807, 2.05) is 48.2 Å². The largest absolute Gasteiger partial charge is 0.378 e. The van der Waals surface area contributed by atoms with Gasteiger partial charge in [0.15, 0.2) is 0 Å². The van der Waals surface area contributed by atoms with Crippen LogP contribution in [0.3, 0.4) is 0 Å². The number of carbonyl (C=O) groups excluding carboxylic acids is 1. The molecule has 2 rings (SSSR count). The quantitative estimate of drug-likeness (QED) is 0.853. The van der Waals surface area contributed by atoms with E-state index < -0.39 is 0 Å². The van der Waals surface area contributed by atoms with E-state index in [2.05, 4.69) is 0 Å². The molecule has 2 N–H and O–H groups in total. The van der Waals surface area contributed by atoms with Gasteiger partial charge in [-0.1, -0.05) is 0 Å². The summed E-state index contributed by atoms with van der Waals surface area (Å²) >= 11 is 0. The van der Waals surface area contributed by atoms with Crippen LogP contribution in [0, 0.1) is 0 Å². The normalized spacial score (nSPS) is 14.4. The van der Waals surface area contributed by atoms with Crippen LogP contribution in [0.1, 0.15) is 23.2 Å². The van der Waals surface area contributed by atoms with Gasteiger partial charge in [-0.15, -0.1) is 0 Å². The summed E-state index contributed by atoms with van der Waals surface area (Å²) in [7, 11) is 3.98. The zero-order valence-electron chi connectivity index (χ0n) is 11.1. The Bertz CT molecular complexity index is 410. The molecule has 0 bridgehead atoms. The lowest BCUT2D eigenvalue weighted by atomic mass is 10.1. The van der Waals surface area contributed by atoms with Crippen molar-refractivity contribution in [3.8, 4) is 0 Å². The van der Waals surface area contributed by atoms with Gasteiger partial charge in [0.05, 0.1) is 0 Å².